The Labute approximate surface area is 254 Å². The van der Waals surface area contributed by atoms with Crippen molar-refractivity contribution in [3.05, 3.63) is 47.5 Å². The van der Waals surface area contributed by atoms with Crippen LogP contribution >= 0.6 is 11.3 Å². The lowest BCUT2D eigenvalue weighted by molar-refractivity contribution is -0.133. The van der Waals surface area contributed by atoms with Gasteiger partial charge in [0.15, 0.2) is 11.6 Å². The molecule has 5 heterocycles. The minimum absolute atomic E-state index is 0.0132. The van der Waals surface area contributed by atoms with Crippen LogP contribution in [-0.4, -0.2) is 126 Å². The van der Waals surface area contributed by atoms with Crippen molar-refractivity contribution < 1.29 is 14.3 Å². The van der Waals surface area contributed by atoms with Gasteiger partial charge in [-0.15, -0.1) is 11.3 Å². The number of benzene rings is 1. The van der Waals surface area contributed by atoms with Gasteiger partial charge >= 0.3 is 0 Å². The molecule has 12 nitrogen and oxygen atoms in total. The molecule has 2 N–H and O–H groups in total. The van der Waals surface area contributed by atoms with Crippen molar-refractivity contribution in [1.82, 2.24) is 40.2 Å². The number of morpholine rings is 1. The highest BCUT2D eigenvalue weighted by molar-refractivity contribution is 7.19. The number of thiophene rings is 1. The van der Waals surface area contributed by atoms with Gasteiger partial charge in [-0.3, -0.25) is 19.6 Å². The maximum absolute atomic E-state index is 12.7. The van der Waals surface area contributed by atoms with E-state index in [1.807, 2.05) is 48.3 Å². The molecule has 13 heteroatoms. The van der Waals surface area contributed by atoms with Gasteiger partial charge in [0.25, 0.3) is 0 Å². The number of hydrogen-bond acceptors (Lipinski definition) is 10. The van der Waals surface area contributed by atoms with Crippen molar-refractivity contribution in [2.24, 2.45) is 0 Å². The van der Waals surface area contributed by atoms with Gasteiger partial charge in [-0.1, -0.05) is 18.2 Å². The zero-order valence-electron chi connectivity index (χ0n) is 24.6. The summed E-state index contributed by atoms with van der Waals surface area (Å²) in [6.07, 6.45) is 5.09. The summed E-state index contributed by atoms with van der Waals surface area (Å²) < 4.78 is 6.71. The molecule has 2 fully saturated rings. The third-order valence-corrected chi connectivity index (χ3v) is 8.80. The number of nitrogens with one attached hydrogen (secondary N) is 2. The number of amides is 2. The number of piperazine rings is 1. The number of rotatable bonds is 9. The molecule has 6 rings (SSSR count). The molecule has 0 atom stereocenters. The highest BCUT2D eigenvalue weighted by Gasteiger charge is 2.24. The number of H-pyrrole nitrogens is 1. The second-order valence-electron chi connectivity index (χ2n) is 11.1. The van der Waals surface area contributed by atoms with Crippen LogP contribution in [0.1, 0.15) is 4.88 Å². The summed E-state index contributed by atoms with van der Waals surface area (Å²) >= 11 is 1.74. The normalized spacial score (nSPS) is 16.6. The highest BCUT2D eigenvalue weighted by Crippen LogP contribution is 2.36. The van der Waals surface area contributed by atoms with Crippen LogP contribution in [0.4, 0.5) is 5.82 Å². The van der Waals surface area contributed by atoms with Crippen LogP contribution < -0.4 is 10.2 Å². The third kappa shape index (κ3) is 6.85. The number of anilines is 1. The van der Waals surface area contributed by atoms with E-state index in [0.29, 0.717) is 38.7 Å². The number of aromatic nitrogens is 4. The van der Waals surface area contributed by atoms with Gasteiger partial charge in [0.05, 0.1) is 41.7 Å². The first-order valence-corrected chi connectivity index (χ1v) is 15.4. The van der Waals surface area contributed by atoms with E-state index in [1.165, 1.54) is 11.0 Å². The van der Waals surface area contributed by atoms with Crippen LogP contribution in [0.2, 0.25) is 0 Å². The van der Waals surface area contributed by atoms with E-state index in [4.69, 9.17) is 14.7 Å². The van der Waals surface area contributed by atoms with Crippen LogP contribution in [0.25, 0.3) is 32.5 Å². The molecule has 2 amide bonds. The highest BCUT2D eigenvalue weighted by atomic mass is 32.1. The van der Waals surface area contributed by atoms with Crippen molar-refractivity contribution in [3.63, 3.8) is 0 Å². The smallest absolute Gasteiger partial charge is 0.244 e. The van der Waals surface area contributed by atoms with Crippen LogP contribution in [0.5, 0.6) is 0 Å². The molecule has 0 bridgehead atoms. The van der Waals surface area contributed by atoms with Crippen LogP contribution in [0.3, 0.4) is 0 Å². The summed E-state index contributed by atoms with van der Waals surface area (Å²) in [5.74, 6) is 1.34. The number of carbonyl (C=O) groups excluding carboxylic acids is 2. The van der Waals surface area contributed by atoms with Gasteiger partial charge in [0, 0.05) is 74.3 Å². The molecule has 0 aliphatic carbocycles. The standard InChI is InChI=1S/C30H37N9O3S/c1-36(2)8-4-7-26(40)31-19-27(41)38-11-9-37(10-12-38)20-21-17-25-28(43-21)30(39-13-15-42-16-14-39)34-29(33-25)22-5-3-6-24-23(22)18-32-35-24/h3-7,17-18H,8-16,19-20H2,1-2H3,(H,31,40)(H,32,35). The van der Waals surface area contributed by atoms with Crippen molar-refractivity contribution in [2.45, 2.75) is 6.54 Å². The Morgan fingerprint density at radius 2 is 1.93 bits per heavy atom. The monoisotopic (exact) mass is 603 g/mol. The Balaban J connectivity index is 1.13. The summed E-state index contributed by atoms with van der Waals surface area (Å²) in [6, 6.07) is 8.23. The summed E-state index contributed by atoms with van der Waals surface area (Å²) in [5.41, 5.74) is 2.85. The number of likely N-dealkylation sites (N-methyl/N-ethyl adjacent to an activating group) is 1. The van der Waals surface area contributed by atoms with Gasteiger partial charge in [0.1, 0.15) is 0 Å². The van der Waals surface area contributed by atoms with Gasteiger partial charge in [-0.25, -0.2) is 9.97 Å². The molecule has 0 unspecified atom stereocenters. The average molecular weight is 604 g/mol. The van der Waals surface area contributed by atoms with Crippen molar-refractivity contribution in [3.8, 4) is 11.4 Å². The number of ether oxygens (including phenoxy) is 1. The van der Waals surface area contributed by atoms with E-state index in [2.05, 4.69) is 31.4 Å². The predicted molar refractivity (Wildman–Crippen MR) is 168 cm³/mol. The van der Waals surface area contributed by atoms with E-state index >= 15 is 0 Å². The first-order valence-electron chi connectivity index (χ1n) is 14.6. The fraction of sp³-hybridized carbons (Fsp3) is 0.433. The number of aromatic amines is 1. The third-order valence-electron chi connectivity index (χ3n) is 7.70. The fourth-order valence-corrected chi connectivity index (χ4v) is 6.55. The Hall–Kier alpha value is -3.91. The predicted octanol–water partition coefficient (Wildman–Crippen LogP) is 1.95. The minimum Gasteiger partial charge on any atom is -0.378 e. The van der Waals surface area contributed by atoms with Crippen LogP contribution in [0, 0.1) is 0 Å². The van der Waals surface area contributed by atoms with E-state index in [0.717, 1.165) is 65.2 Å². The second kappa shape index (κ2) is 13.2. The Bertz CT molecular complexity index is 1620. The molecule has 43 heavy (non-hydrogen) atoms. The van der Waals surface area contributed by atoms with Crippen molar-refractivity contribution in [2.75, 3.05) is 84.6 Å². The molecule has 0 spiro atoms. The lowest BCUT2D eigenvalue weighted by Gasteiger charge is -2.34. The number of nitrogens with zero attached hydrogens (tertiary/aromatic N) is 7. The maximum Gasteiger partial charge on any atom is 0.244 e. The molecular weight excluding hydrogens is 566 g/mol. The number of fused-ring (bicyclic) bond motifs is 2. The fourth-order valence-electron chi connectivity index (χ4n) is 5.40. The van der Waals surface area contributed by atoms with E-state index in [-0.39, 0.29) is 18.4 Å². The summed E-state index contributed by atoms with van der Waals surface area (Å²) in [6.45, 7) is 7.21. The first kappa shape index (κ1) is 29.2. The van der Waals surface area contributed by atoms with Gasteiger partial charge in [-0.2, -0.15) is 5.10 Å². The van der Waals surface area contributed by atoms with Crippen molar-refractivity contribution >= 4 is 50.1 Å². The maximum atomic E-state index is 12.7. The van der Waals surface area contributed by atoms with Gasteiger partial charge in [-0.05, 0) is 26.2 Å². The Kier molecular flexibility index (Phi) is 8.93. The zero-order chi connectivity index (χ0) is 29.8. The molecule has 3 aromatic heterocycles. The summed E-state index contributed by atoms with van der Waals surface area (Å²) in [4.78, 5) is 44.5. The molecule has 2 aliphatic heterocycles. The number of hydrogen-bond donors (Lipinski definition) is 2. The summed E-state index contributed by atoms with van der Waals surface area (Å²) in [7, 11) is 3.87. The van der Waals surface area contributed by atoms with Gasteiger partial charge < -0.3 is 24.8 Å². The molecule has 2 saturated heterocycles. The molecule has 1 aromatic carbocycles. The van der Waals surface area contributed by atoms with Gasteiger partial charge in [0.2, 0.25) is 11.8 Å². The molecule has 4 aromatic rings. The first-order chi connectivity index (χ1) is 20.9. The van der Waals surface area contributed by atoms with Crippen LogP contribution in [-0.2, 0) is 20.9 Å². The molecular formula is C30H37N9O3S. The van der Waals surface area contributed by atoms with E-state index in [1.54, 1.807) is 17.4 Å². The SMILES string of the molecule is CN(C)CC=CC(=O)NCC(=O)N1CCN(Cc2cc3nc(-c4cccc5[nH]ncc45)nc(N4CCOCC4)c3s2)CC1. The molecule has 2 aliphatic rings. The van der Waals surface area contributed by atoms with E-state index < -0.39 is 0 Å². The largest absolute Gasteiger partial charge is 0.378 e. The lowest BCUT2D eigenvalue weighted by atomic mass is 10.1. The van der Waals surface area contributed by atoms with Crippen LogP contribution in [0.15, 0.2) is 42.6 Å². The number of carbonyl (C=O) groups is 2. The molecule has 0 radical (unpaired) electrons. The Morgan fingerprint density at radius 1 is 1.12 bits per heavy atom. The molecule has 226 valence electrons. The zero-order valence-corrected chi connectivity index (χ0v) is 25.4. The molecule has 0 saturated carbocycles. The summed E-state index contributed by atoms with van der Waals surface area (Å²) in [5, 5.41) is 11.0. The lowest BCUT2D eigenvalue weighted by Crippen LogP contribution is -2.50. The average Bonchev–Trinajstić information content (AvgIpc) is 3.67. The minimum atomic E-state index is -0.247. The van der Waals surface area contributed by atoms with E-state index in [9.17, 15) is 9.59 Å². The quantitative estimate of drug-likeness (QED) is 0.277. The topological polar surface area (TPSA) is 123 Å². The van der Waals surface area contributed by atoms with Crippen molar-refractivity contribution in [1.29, 1.82) is 0 Å². The Morgan fingerprint density at radius 3 is 2.72 bits per heavy atom. The second-order valence-corrected chi connectivity index (χ2v) is 12.2.